The molecule has 0 amide bonds. The minimum Gasteiger partial charge on any atom is -0.310 e. The number of rotatable bonds is 7. The van der Waals surface area contributed by atoms with Gasteiger partial charge in [0.25, 0.3) is 0 Å². The van der Waals surface area contributed by atoms with Crippen LogP contribution in [0.3, 0.4) is 0 Å². The summed E-state index contributed by atoms with van der Waals surface area (Å²) in [6.45, 7) is 0. The maximum absolute atomic E-state index is 2.46. The number of fused-ring (bicyclic) bond motifs is 4. The van der Waals surface area contributed by atoms with Gasteiger partial charge in [0.1, 0.15) is 0 Å². The lowest BCUT2D eigenvalue weighted by atomic mass is 9.67. The van der Waals surface area contributed by atoms with Crippen LogP contribution in [0.15, 0.2) is 224 Å². The molecule has 1 nitrogen and oxygen atoms in total. The summed E-state index contributed by atoms with van der Waals surface area (Å²) in [6.07, 6.45) is 0. The van der Waals surface area contributed by atoms with Crippen molar-refractivity contribution in [3.05, 3.63) is 247 Å². The van der Waals surface area contributed by atoms with E-state index in [2.05, 4.69) is 229 Å². The van der Waals surface area contributed by atoms with Crippen molar-refractivity contribution in [1.29, 1.82) is 0 Å². The number of benzene rings is 9. The van der Waals surface area contributed by atoms with E-state index in [1.54, 1.807) is 0 Å². The third-order valence-electron chi connectivity index (χ3n) is 11.1. The van der Waals surface area contributed by atoms with Crippen molar-refractivity contribution < 1.29 is 0 Å². The molecule has 0 atom stereocenters. The van der Waals surface area contributed by atoms with Crippen molar-refractivity contribution in [1.82, 2.24) is 0 Å². The van der Waals surface area contributed by atoms with E-state index < -0.39 is 5.41 Å². The fraction of sp³-hybridized carbons (Fsp3) is 0.0189. The Labute approximate surface area is 317 Å². The summed E-state index contributed by atoms with van der Waals surface area (Å²) in [5.41, 5.74) is 15.4. The second-order valence-electron chi connectivity index (χ2n) is 14.1. The third kappa shape index (κ3) is 5.09. The van der Waals surface area contributed by atoms with E-state index in [0.29, 0.717) is 0 Å². The smallest absolute Gasteiger partial charge is 0.0714 e. The van der Waals surface area contributed by atoms with Crippen molar-refractivity contribution in [3.63, 3.8) is 0 Å². The standard InChI is InChI=1S/C53H37N/c1-5-18-38(19-6-1)40-22-15-23-41(36-40)46-31-16-20-39-21-17-33-51(52(39)46)54(44-28-11-4-12-29-44)45-34-35-48-47-30-13-14-32-49(47)53(50(48)37-45,42-24-7-2-8-25-42)43-26-9-3-10-27-43/h1-37H. The van der Waals surface area contributed by atoms with Gasteiger partial charge < -0.3 is 4.90 Å². The van der Waals surface area contributed by atoms with Gasteiger partial charge in [0, 0.05) is 16.8 Å². The van der Waals surface area contributed by atoms with Crippen LogP contribution >= 0.6 is 0 Å². The van der Waals surface area contributed by atoms with Gasteiger partial charge >= 0.3 is 0 Å². The lowest BCUT2D eigenvalue weighted by Gasteiger charge is -2.35. The first-order chi connectivity index (χ1) is 26.8. The van der Waals surface area contributed by atoms with Crippen LogP contribution in [0.2, 0.25) is 0 Å². The summed E-state index contributed by atoms with van der Waals surface area (Å²) in [4.78, 5) is 2.46. The molecule has 0 saturated heterocycles. The monoisotopic (exact) mass is 687 g/mol. The molecule has 9 aromatic rings. The molecular formula is C53H37N. The minimum atomic E-state index is -0.491. The van der Waals surface area contributed by atoms with Crippen LogP contribution in [-0.4, -0.2) is 0 Å². The molecule has 0 fully saturated rings. The molecular weight excluding hydrogens is 651 g/mol. The van der Waals surface area contributed by atoms with Gasteiger partial charge in [-0.2, -0.15) is 0 Å². The van der Waals surface area contributed by atoms with E-state index in [1.807, 2.05) is 0 Å². The van der Waals surface area contributed by atoms with Crippen LogP contribution < -0.4 is 4.90 Å². The Bertz CT molecular complexity index is 2710. The molecule has 0 aliphatic heterocycles. The van der Waals surface area contributed by atoms with Gasteiger partial charge in [-0.3, -0.25) is 0 Å². The molecule has 254 valence electrons. The number of anilines is 3. The van der Waals surface area contributed by atoms with E-state index in [9.17, 15) is 0 Å². The maximum atomic E-state index is 2.46. The topological polar surface area (TPSA) is 3.24 Å². The molecule has 0 radical (unpaired) electrons. The van der Waals surface area contributed by atoms with Gasteiger partial charge in [-0.15, -0.1) is 0 Å². The predicted molar refractivity (Wildman–Crippen MR) is 227 cm³/mol. The van der Waals surface area contributed by atoms with Gasteiger partial charge in [-0.25, -0.2) is 0 Å². The minimum absolute atomic E-state index is 0.491. The van der Waals surface area contributed by atoms with E-state index in [0.717, 1.165) is 17.1 Å². The largest absolute Gasteiger partial charge is 0.310 e. The van der Waals surface area contributed by atoms with Gasteiger partial charge in [0.2, 0.25) is 0 Å². The molecule has 0 N–H and O–H groups in total. The zero-order chi connectivity index (χ0) is 35.9. The quantitative estimate of drug-likeness (QED) is 0.161. The van der Waals surface area contributed by atoms with Gasteiger partial charge in [-0.1, -0.05) is 188 Å². The molecule has 0 aromatic heterocycles. The molecule has 54 heavy (non-hydrogen) atoms. The highest BCUT2D eigenvalue weighted by molar-refractivity contribution is 6.08. The maximum Gasteiger partial charge on any atom is 0.0714 e. The Morgan fingerprint density at radius 3 is 1.57 bits per heavy atom. The summed E-state index contributed by atoms with van der Waals surface area (Å²) in [5, 5.41) is 2.42. The van der Waals surface area contributed by atoms with Crippen LogP contribution in [0.1, 0.15) is 22.3 Å². The fourth-order valence-corrected chi connectivity index (χ4v) is 8.82. The molecule has 0 bridgehead atoms. The first-order valence-corrected chi connectivity index (χ1v) is 18.7. The molecule has 0 spiro atoms. The summed E-state index contributed by atoms with van der Waals surface area (Å²) in [7, 11) is 0. The first-order valence-electron chi connectivity index (χ1n) is 18.7. The summed E-state index contributed by atoms with van der Waals surface area (Å²) in [5.74, 6) is 0. The van der Waals surface area contributed by atoms with E-state index in [1.165, 1.54) is 66.4 Å². The van der Waals surface area contributed by atoms with Gasteiger partial charge in [0.15, 0.2) is 0 Å². The number of hydrogen-bond donors (Lipinski definition) is 0. The summed E-state index contributed by atoms with van der Waals surface area (Å²) < 4.78 is 0. The number of hydrogen-bond acceptors (Lipinski definition) is 1. The van der Waals surface area contributed by atoms with E-state index in [4.69, 9.17) is 0 Å². The highest BCUT2D eigenvalue weighted by Crippen LogP contribution is 2.57. The average Bonchev–Trinajstić information content (AvgIpc) is 3.55. The van der Waals surface area contributed by atoms with Crippen LogP contribution in [0, 0.1) is 0 Å². The summed E-state index contributed by atoms with van der Waals surface area (Å²) >= 11 is 0. The van der Waals surface area contributed by atoms with Crippen LogP contribution in [0.25, 0.3) is 44.2 Å². The number of para-hydroxylation sites is 1. The van der Waals surface area contributed by atoms with E-state index >= 15 is 0 Å². The van der Waals surface area contributed by atoms with Crippen molar-refractivity contribution in [2.24, 2.45) is 0 Å². The second-order valence-corrected chi connectivity index (χ2v) is 14.1. The Balaban J connectivity index is 1.24. The van der Waals surface area contributed by atoms with Gasteiger partial charge in [-0.05, 0) is 97.4 Å². The molecule has 10 rings (SSSR count). The Kier molecular flexibility index (Phi) is 7.78. The Morgan fingerprint density at radius 2 is 0.852 bits per heavy atom. The highest BCUT2D eigenvalue weighted by Gasteiger charge is 2.46. The van der Waals surface area contributed by atoms with Crippen molar-refractivity contribution in [2.75, 3.05) is 4.90 Å². The number of nitrogens with zero attached hydrogens (tertiary/aromatic N) is 1. The third-order valence-corrected chi connectivity index (χ3v) is 11.1. The average molecular weight is 688 g/mol. The zero-order valence-electron chi connectivity index (χ0n) is 29.8. The first kappa shape index (κ1) is 31.7. The van der Waals surface area contributed by atoms with Crippen molar-refractivity contribution in [2.45, 2.75) is 5.41 Å². The predicted octanol–water partition coefficient (Wildman–Crippen LogP) is 14.0. The molecule has 1 aliphatic carbocycles. The van der Waals surface area contributed by atoms with Crippen molar-refractivity contribution >= 4 is 27.8 Å². The lowest BCUT2D eigenvalue weighted by molar-refractivity contribution is 0.768. The SMILES string of the molecule is c1ccc(-c2cccc(-c3cccc4cccc(N(c5ccccc5)c5ccc6c(c5)C(c5ccccc5)(c5ccccc5)c5ccccc5-6)c34)c2)cc1. The molecule has 1 aliphatic rings. The van der Waals surface area contributed by atoms with Crippen LogP contribution in [0.5, 0.6) is 0 Å². The lowest BCUT2D eigenvalue weighted by Crippen LogP contribution is -2.28. The summed E-state index contributed by atoms with van der Waals surface area (Å²) in [6, 6.07) is 82.0. The second kappa shape index (κ2) is 13.2. The Hall–Kier alpha value is -6.96. The van der Waals surface area contributed by atoms with E-state index in [-0.39, 0.29) is 0 Å². The van der Waals surface area contributed by atoms with Crippen LogP contribution in [0.4, 0.5) is 17.1 Å². The Morgan fingerprint density at radius 1 is 0.315 bits per heavy atom. The van der Waals surface area contributed by atoms with Crippen molar-refractivity contribution in [3.8, 4) is 33.4 Å². The zero-order valence-corrected chi connectivity index (χ0v) is 29.8. The van der Waals surface area contributed by atoms with Crippen LogP contribution in [-0.2, 0) is 5.41 Å². The normalized spacial score (nSPS) is 12.6. The molecule has 0 heterocycles. The van der Waals surface area contributed by atoms with Gasteiger partial charge in [0.05, 0.1) is 11.1 Å². The molecule has 0 saturated carbocycles. The molecule has 1 heteroatoms. The fourth-order valence-electron chi connectivity index (χ4n) is 8.82. The highest BCUT2D eigenvalue weighted by atomic mass is 15.1. The molecule has 9 aromatic carbocycles. The molecule has 0 unspecified atom stereocenters.